The van der Waals surface area contributed by atoms with Gasteiger partial charge in [0.05, 0.1) is 37.6 Å². The summed E-state index contributed by atoms with van der Waals surface area (Å²) in [6.07, 6.45) is -2.33. The molecule has 0 aromatic carbocycles. The van der Waals surface area contributed by atoms with Crippen LogP contribution in [0, 0.1) is 0 Å². The van der Waals surface area contributed by atoms with Gasteiger partial charge in [-0.05, 0) is 6.07 Å². The number of hydrogen-bond acceptors (Lipinski definition) is 8. The van der Waals surface area contributed by atoms with E-state index in [0.717, 1.165) is 12.3 Å². The minimum atomic E-state index is -4.63. The summed E-state index contributed by atoms with van der Waals surface area (Å²) in [6.45, 7) is 3.29. The lowest BCUT2D eigenvalue weighted by Gasteiger charge is -2.29. The van der Waals surface area contributed by atoms with Crippen LogP contribution in [0.1, 0.15) is 18.4 Å². The molecule has 0 radical (unpaired) electrons. The molecule has 2 aromatic rings. The van der Waals surface area contributed by atoms with E-state index in [0.29, 0.717) is 58.2 Å². The van der Waals surface area contributed by atoms with Crippen LogP contribution in [0.15, 0.2) is 18.3 Å². The molecule has 11 heteroatoms. The highest BCUT2D eigenvalue weighted by Crippen LogP contribution is 2.37. The summed E-state index contributed by atoms with van der Waals surface area (Å²) in [7, 11) is 0. The zero-order chi connectivity index (χ0) is 21.1. The Morgan fingerprint density at radius 3 is 2.43 bits per heavy atom. The van der Waals surface area contributed by atoms with Gasteiger partial charge in [0.1, 0.15) is 17.7 Å². The van der Waals surface area contributed by atoms with Gasteiger partial charge in [0.2, 0.25) is 5.88 Å². The first-order valence-electron chi connectivity index (χ1n) is 9.69. The van der Waals surface area contributed by atoms with Crippen molar-refractivity contribution in [2.24, 2.45) is 0 Å². The Labute approximate surface area is 171 Å². The minimum Gasteiger partial charge on any atom is -0.474 e. The second-order valence-electron chi connectivity index (χ2n) is 7.07. The number of rotatable bonds is 4. The molecule has 4 rings (SSSR count). The van der Waals surface area contributed by atoms with Gasteiger partial charge in [-0.1, -0.05) is 0 Å². The fourth-order valence-corrected chi connectivity index (χ4v) is 3.40. The number of alkyl halides is 3. The van der Waals surface area contributed by atoms with Crippen molar-refractivity contribution in [1.82, 2.24) is 15.0 Å². The molecule has 2 aromatic heterocycles. The highest BCUT2D eigenvalue weighted by molar-refractivity contribution is 5.64. The van der Waals surface area contributed by atoms with E-state index >= 15 is 0 Å². The number of pyridine rings is 1. The lowest BCUT2D eigenvalue weighted by molar-refractivity contribution is -0.137. The van der Waals surface area contributed by atoms with Gasteiger partial charge in [-0.15, -0.1) is 0 Å². The molecule has 30 heavy (non-hydrogen) atoms. The van der Waals surface area contributed by atoms with Gasteiger partial charge in [0, 0.05) is 38.2 Å². The van der Waals surface area contributed by atoms with E-state index in [2.05, 4.69) is 15.0 Å². The van der Waals surface area contributed by atoms with Crippen molar-refractivity contribution in [3.63, 3.8) is 0 Å². The molecule has 0 atom stereocenters. The van der Waals surface area contributed by atoms with Crippen LogP contribution in [0.3, 0.4) is 0 Å². The van der Waals surface area contributed by atoms with E-state index < -0.39 is 11.7 Å². The van der Waals surface area contributed by atoms with E-state index in [4.69, 9.17) is 19.9 Å². The first-order valence-corrected chi connectivity index (χ1v) is 9.69. The molecule has 0 unspecified atom stereocenters. The third-order valence-electron chi connectivity index (χ3n) is 4.95. The van der Waals surface area contributed by atoms with E-state index in [-0.39, 0.29) is 29.2 Å². The van der Waals surface area contributed by atoms with Crippen LogP contribution >= 0.6 is 0 Å². The maximum Gasteiger partial charge on any atom is 0.417 e. The minimum absolute atomic E-state index is 0.110. The van der Waals surface area contributed by atoms with Crippen molar-refractivity contribution in [3.05, 3.63) is 23.9 Å². The smallest absolute Gasteiger partial charge is 0.417 e. The highest BCUT2D eigenvalue weighted by atomic mass is 19.4. The summed E-state index contributed by atoms with van der Waals surface area (Å²) in [4.78, 5) is 14.4. The second kappa shape index (κ2) is 8.60. The molecule has 2 fully saturated rings. The molecule has 2 aliphatic rings. The van der Waals surface area contributed by atoms with Gasteiger partial charge in [-0.25, -0.2) is 9.97 Å². The summed E-state index contributed by atoms with van der Waals surface area (Å²) in [5, 5.41) is 0. The van der Waals surface area contributed by atoms with Gasteiger partial charge >= 0.3 is 6.18 Å². The Morgan fingerprint density at radius 1 is 1.03 bits per heavy atom. The van der Waals surface area contributed by atoms with Crippen LogP contribution in [0.25, 0.3) is 11.4 Å². The average Bonchev–Trinajstić information content (AvgIpc) is 2.74. The molecule has 2 aliphatic heterocycles. The predicted octanol–water partition coefficient (Wildman–Crippen LogP) is 2.53. The molecule has 0 saturated carbocycles. The van der Waals surface area contributed by atoms with E-state index in [1.807, 2.05) is 4.90 Å². The molecule has 2 saturated heterocycles. The normalized spacial score (nSPS) is 18.4. The zero-order valence-corrected chi connectivity index (χ0v) is 16.2. The van der Waals surface area contributed by atoms with Crippen molar-refractivity contribution < 1.29 is 27.4 Å². The largest absolute Gasteiger partial charge is 0.474 e. The fourth-order valence-electron chi connectivity index (χ4n) is 3.40. The number of aromatic nitrogens is 3. The molecule has 162 valence electrons. The van der Waals surface area contributed by atoms with Crippen molar-refractivity contribution in [2.75, 3.05) is 50.2 Å². The topological polar surface area (TPSA) is 95.6 Å². The number of hydrogen-bond donors (Lipinski definition) is 1. The fraction of sp³-hybridized carbons (Fsp3) is 0.526. The summed E-state index contributed by atoms with van der Waals surface area (Å²) >= 11 is 0. The van der Waals surface area contributed by atoms with Gasteiger partial charge in [-0.2, -0.15) is 18.2 Å². The Bertz CT molecular complexity index is 884. The van der Waals surface area contributed by atoms with Crippen LogP contribution in [0.4, 0.5) is 24.8 Å². The number of anilines is 2. The Kier molecular flexibility index (Phi) is 5.91. The highest BCUT2D eigenvalue weighted by Gasteiger charge is 2.35. The predicted molar refractivity (Wildman–Crippen MR) is 102 cm³/mol. The molecule has 2 N–H and O–H groups in total. The van der Waals surface area contributed by atoms with Crippen LogP contribution in [-0.4, -0.2) is 60.6 Å². The van der Waals surface area contributed by atoms with Gasteiger partial charge in [0.25, 0.3) is 0 Å². The third-order valence-corrected chi connectivity index (χ3v) is 4.95. The lowest BCUT2D eigenvalue weighted by Crippen LogP contribution is -2.37. The number of nitrogens with zero attached hydrogens (tertiary/aromatic N) is 4. The van der Waals surface area contributed by atoms with E-state index in [1.54, 1.807) is 6.07 Å². The summed E-state index contributed by atoms with van der Waals surface area (Å²) < 4.78 is 57.6. The van der Waals surface area contributed by atoms with Gasteiger partial charge in [0.15, 0.2) is 5.82 Å². The molecule has 8 nitrogen and oxygen atoms in total. The zero-order valence-electron chi connectivity index (χ0n) is 16.2. The van der Waals surface area contributed by atoms with E-state index in [9.17, 15) is 13.2 Å². The quantitative estimate of drug-likeness (QED) is 0.799. The molecule has 0 bridgehead atoms. The molecular weight excluding hydrogens is 403 g/mol. The maximum atomic E-state index is 13.6. The average molecular weight is 425 g/mol. The number of ether oxygens (including phenoxy) is 3. The van der Waals surface area contributed by atoms with Crippen LogP contribution in [0.5, 0.6) is 5.88 Å². The van der Waals surface area contributed by atoms with Crippen LogP contribution in [-0.2, 0) is 15.7 Å². The molecule has 4 heterocycles. The summed E-state index contributed by atoms with van der Waals surface area (Å²) in [5.74, 6) is 0.364. The summed E-state index contributed by atoms with van der Waals surface area (Å²) in [6, 6.07) is 2.45. The summed E-state index contributed by atoms with van der Waals surface area (Å²) in [5.41, 5.74) is 4.31. The number of morpholine rings is 1. The van der Waals surface area contributed by atoms with Gasteiger partial charge < -0.3 is 24.8 Å². The number of halogens is 3. The molecule has 0 spiro atoms. The Morgan fingerprint density at radius 2 is 1.73 bits per heavy atom. The Hall–Kier alpha value is -2.66. The first kappa shape index (κ1) is 20.6. The Balaban J connectivity index is 1.75. The third kappa shape index (κ3) is 4.73. The molecule has 0 aliphatic carbocycles. The van der Waals surface area contributed by atoms with Crippen molar-refractivity contribution in [3.8, 4) is 17.3 Å². The van der Waals surface area contributed by atoms with Crippen LogP contribution < -0.4 is 15.4 Å². The molecule has 0 amide bonds. The molecular formula is C19H22F3N5O3. The van der Waals surface area contributed by atoms with Crippen molar-refractivity contribution in [2.45, 2.75) is 25.1 Å². The second-order valence-corrected chi connectivity index (χ2v) is 7.07. The van der Waals surface area contributed by atoms with Crippen LogP contribution in [0.2, 0.25) is 0 Å². The maximum absolute atomic E-state index is 13.6. The number of nitrogens with two attached hydrogens (primary N) is 1. The first-order chi connectivity index (χ1) is 14.4. The van der Waals surface area contributed by atoms with E-state index in [1.165, 1.54) is 0 Å². The SMILES string of the molecule is Nc1cc(C(F)(F)F)c(-c2nc(OC3CCOCC3)cc(N3CCOCC3)n2)cn1. The van der Waals surface area contributed by atoms with Crippen molar-refractivity contribution in [1.29, 1.82) is 0 Å². The van der Waals surface area contributed by atoms with Gasteiger partial charge in [-0.3, -0.25) is 0 Å². The van der Waals surface area contributed by atoms with Crippen molar-refractivity contribution >= 4 is 11.6 Å². The lowest BCUT2D eigenvalue weighted by atomic mass is 10.1. The monoisotopic (exact) mass is 425 g/mol. The number of nitrogen functional groups attached to an aromatic ring is 1. The standard InChI is InChI=1S/C19H22F3N5O3/c20-19(21,22)14-9-15(23)24-11-13(14)18-25-16(27-3-7-29-8-4-27)10-17(26-18)30-12-1-5-28-6-2-12/h9-12H,1-8H2,(H2,23,24).